The van der Waals surface area contributed by atoms with Crippen LogP contribution in [0.3, 0.4) is 0 Å². The quantitative estimate of drug-likeness (QED) is 0.924. The maximum atomic E-state index is 12.4. The number of Topliss-reactive ketones (excluding diaryl/α,β-unsaturated/α-hetero) is 1. The van der Waals surface area contributed by atoms with Crippen LogP contribution in [0.1, 0.15) is 40.2 Å². The Bertz CT molecular complexity index is 736. The number of hydrogen-bond acceptors (Lipinski definition) is 4. The largest absolute Gasteiger partial charge is 0.443 e. The highest BCUT2D eigenvalue weighted by Crippen LogP contribution is 2.30. The van der Waals surface area contributed by atoms with Crippen molar-refractivity contribution in [2.24, 2.45) is 5.73 Å². The van der Waals surface area contributed by atoms with Crippen molar-refractivity contribution in [2.75, 3.05) is 0 Å². The molecule has 2 aromatic rings. The van der Waals surface area contributed by atoms with Gasteiger partial charge in [0.2, 0.25) is 0 Å². The Morgan fingerprint density at radius 3 is 2.27 bits per heavy atom. The number of benzene rings is 1. The molecule has 0 fully saturated rings. The monoisotopic (exact) mass is 302 g/mol. The lowest BCUT2D eigenvalue weighted by molar-refractivity contribution is -0.121. The van der Waals surface area contributed by atoms with E-state index in [2.05, 4.69) is 0 Å². The third-order valence-corrected chi connectivity index (χ3v) is 3.59. The van der Waals surface area contributed by atoms with Crippen molar-refractivity contribution in [3.63, 3.8) is 0 Å². The van der Waals surface area contributed by atoms with Crippen LogP contribution in [0.5, 0.6) is 0 Å². The van der Waals surface area contributed by atoms with E-state index in [0.717, 1.165) is 5.39 Å². The first-order valence-corrected chi connectivity index (χ1v) is 7.18. The maximum absolute atomic E-state index is 12.4. The summed E-state index contributed by atoms with van der Waals surface area (Å²) in [6.07, 6.45) is 1.11. The lowest BCUT2D eigenvalue weighted by Gasteiger charge is -2.21. The molecule has 0 unspecified atom stereocenters. The van der Waals surface area contributed by atoms with Crippen molar-refractivity contribution < 1.29 is 14.3 Å². The summed E-state index contributed by atoms with van der Waals surface area (Å²) < 4.78 is 6.82. The average Bonchev–Trinajstić information content (AvgIpc) is 2.76. The molecule has 1 atom stereocenters. The number of rotatable bonds is 2. The fourth-order valence-corrected chi connectivity index (χ4v) is 2.25. The van der Waals surface area contributed by atoms with Crippen LogP contribution >= 0.6 is 0 Å². The number of aromatic nitrogens is 1. The maximum Gasteiger partial charge on any atom is 0.419 e. The van der Waals surface area contributed by atoms with Crippen LogP contribution < -0.4 is 5.73 Å². The van der Waals surface area contributed by atoms with Gasteiger partial charge in [0.1, 0.15) is 5.60 Å². The van der Waals surface area contributed by atoms with Crippen LogP contribution in [0.4, 0.5) is 4.79 Å². The number of fused-ring (bicyclic) bond motifs is 1. The lowest BCUT2D eigenvalue weighted by Crippen LogP contribution is -2.40. The van der Waals surface area contributed by atoms with Gasteiger partial charge >= 0.3 is 6.09 Å². The number of nitrogens with zero attached hydrogens (tertiary/aromatic N) is 1. The Kier molecular flexibility index (Phi) is 3.87. The number of ether oxygens (including phenoxy) is 1. The van der Waals surface area contributed by atoms with Crippen molar-refractivity contribution in [1.29, 1.82) is 0 Å². The van der Waals surface area contributed by atoms with Gasteiger partial charge in [-0.05, 0) is 40.7 Å². The first kappa shape index (κ1) is 16.2. The molecule has 118 valence electrons. The van der Waals surface area contributed by atoms with E-state index in [-0.39, 0.29) is 5.78 Å². The Morgan fingerprint density at radius 2 is 1.73 bits per heavy atom. The zero-order valence-electron chi connectivity index (χ0n) is 13.6. The molecule has 0 radical (unpaired) electrons. The average molecular weight is 302 g/mol. The third-order valence-electron chi connectivity index (χ3n) is 3.59. The van der Waals surface area contributed by atoms with E-state index in [9.17, 15) is 9.59 Å². The highest BCUT2D eigenvalue weighted by molar-refractivity contribution is 5.98. The first-order valence-electron chi connectivity index (χ1n) is 7.18. The SMILES string of the molecule is CC(=O)[C@](C)(N)c1cn(C(=O)OC(C)(C)C)c2ccccc12. The van der Waals surface area contributed by atoms with E-state index in [4.69, 9.17) is 10.5 Å². The summed E-state index contributed by atoms with van der Waals surface area (Å²) in [5.74, 6) is -0.167. The van der Waals surface area contributed by atoms with Crippen molar-refractivity contribution in [3.05, 3.63) is 36.0 Å². The summed E-state index contributed by atoms with van der Waals surface area (Å²) in [6.45, 7) is 8.51. The smallest absolute Gasteiger partial charge is 0.419 e. The van der Waals surface area contributed by atoms with Crippen LogP contribution in [0.2, 0.25) is 0 Å². The Hall–Kier alpha value is -2.14. The van der Waals surface area contributed by atoms with E-state index in [1.807, 2.05) is 18.2 Å². The van der Waals surface area contributed by atoms with Gasteiger partial charge in [-0.25, -0.2) is 4.79 Å². The molecule has 0 aliphatic carbocycles. The van der Waals surface area contributed by atoms with Gasteiger partial charge in [0.25, 0.3) is 0 Å². The third kappa shape index (κ3) is 2.90. The normalized spacial score (nSPS) is 14.6. The molecule has 0 saturated heterocycles. The number of ketones is 1. The Balaban J connectivity index is 2.63. The summed E-state index contributed by atoms with van der Waals surface area (Å²) in [4.78, 5) is 24.3. The second-order valence-corrected chi connectivity index (χ2v) is 6.67. The molecular weight excluding hydrogens is 280 g/mol. The van der Waals surface area contributed by atoms with Gasteiger partial charge in [-0.15, -0.1) is 0 Å². The molecule has 2 rings (SSSR count). The molecule has 1 aromatic carbocycles. The molecule has 5 heteroatoms. The van der Waals surface area contributed by atoms with Crippen molar-refractivity contribution in [2.45, 2.75) is 45.8 Å². The van der Waals surface area contributed by atoms with E-state index in [1.165, 1.54) is 11.5 Å². The second-order valence-electron chi connectivity index (χ2n) is 6.67. The molecule has 0 aliphatic heterocycles. The predicted octanol–water partition coefficient (Wildman–Crippen LogP) is 3.19. The van der Waals surface area contributed by atoms with Crippen molar-refractivity contribution in [1.82, 2.24) is 4.57 Å². The lowest BCUT2D eigenvalue weighted by atomic mass is 9.89. The zero-order valence-corrected chi connectivity index (χ0v) is 13.6. The number of carbonyl (C=O) groups is 2. The van der Waals surface area contributed by atoms with E-state index < -0.39 is 17.2 Å². The van der Waals surface area contributed by atoms with Gasteiger partial charge in [-0.2, -0.15) is 0 Å². The molecule has 0 bridgehead atoms. The van der Waals surface area contributed by atoms with Gasteiger partial charge in [0, 0.05) is 17.1 Å². The minimum Gasteiger partial charge on any atom is -0.443 e. The summed E-state index contributed by atoms with van der Waals surface area (Å²) >= 11 is 0. The van der Waals surface area contributed by atoms with Crippen LogP contribution in [-0.4, -0.2) is 22.0 Å². The van der Waals surface area contributed by atoms with Crippen LogP contribution in [-0.2, 0) is 15.1 Å². The highest BCUT2D eigenvalue weighted by atomic mass is 16.6. The molecule has 5 nitrogen and oxygen atoms in total. The molecule has 2 N–H and O–H groups in total. The number of carbonyl (C=O) groups excluding carboxylic acids is 2. The minimum atomic E-state index is -1.16. The number of para-hydroxylation sites is 1. The van der Waals surface area contributed by atoms with Crippen molar-refractivity contribution in [3.8, 4) is 0 Å². The highest BCUT2D eigenvalue weighted by Gasteiger charge is 2.32. The molecule has 0 saturated carbocycles. The molecule has 22 heavy (non-hydrogen) atoms. The zero-order chi connectivity index (χ0) is 16.7. The van der Waals surface area contributed by atoms with E-state index in [1.54, 1.807) is 40.0 Å². The summed E-state index contributed by atoms with van der Waals surface area (Å²) in [5, 5.41) is 0.772. The first-order chi connectivity index (χ1) is 10.0. The summed E-state index contributed by atoms with van der Waals surface area (Å²) in [7, 11) is 0. The van der Waals surface area contributed by atoms with Crippen LogP contribution in [0.25, 0.3) is 10.9 Å². The second kappa shape index (κ2) is 5.25. The molecule has 0 spiro atoms. The predicted molar refractivity (Wildman–Crippen MR) is 85.8 cm³/mol. The van der Waals surface area contributed by atoms with Crippen LogP contribution in [0.15, 0.2) is 30.5 Å². The minimum absolute atomic E-state index is 0.167. The standard InChI is InChI=1S/C17H22N2O3/c1-11(20)17(5,18)13-10-19(15(21)22-16(2,3)4)14-9-7-6-8-12(13)14/h6-10H,18H2,1-5H3/t17-/m0/s1. The topological polar surface area (TPSA) is 74.3 Å². The fourth-order valence-electron chi connectivity index (χ4n) is 2.25. The molecule has 1 aromatic heterocycles. The van der Waals surface area contributed by atoms with Gasteiger partial charge in [0.05, 0.1) is 11.1 Å². The fraction of sp³-hybridized carbons (Fsp3) is 0.412. The van der Waals surface area contributed by atoms with E-state index in [0.29, 0.717) is 11.1 Å². The summed E-state index contributed by atoms with van der Waals surface area (Å²) in [5.41, 5.74) is 5.69. The van der Waals surface area contributed by atoms with Crippen LogP contribution in [0, 0.1) is 0 Å². The molecule has 0 amide bonds. The van der Waals surface area contributed by atoms with Gasteiger partial charge < -0.3 is 10.5 Å². The van der Waals surface area contributed by atoms with Crippen molar-refractivity contribution >= 4 is 22.8 Å². The number of nitrogens with two attached hydrogens (primary N) is 1. The Morgan fingerprint density at radius 1 is 1.14 bits per heavy atom. The van der Waals surface area contributed by atoms with Gasteiger partial charge in [0.15, 0.2) is 5.78 Å². The van der Waals surface area contributed by atoms with Gasteiger partial charge in [-0.1, -0.05) is 18.2 Å². The molecule has 0 aliphatic rings. The molecular formula is C17H22N2O3. The number of hydrogen-bond donors (Lipinski definition) is 1. The van der Waals surface area contributed by atoms with E-state index >= 15 is 0 Å². The Labute approximate surface area is 130 Å². The van der Waals surface area contributed by atoms with Gasteiger partial charge in [-0.3, -0.25) is 9.36 Å². The molecule has 1 heterocycles. The summed E-state index contributed by atoms with van der Waals surface area (Å²) in [6, 6.07) is 7.33.